The van der Waals surface area contributed by atoms with Crippen LogP contribution in [0, 0.1) is 10.1 Å². The predicted octanol–water partition coefficient (Wildman–Crippen LogP) is 4.87. The average molecular weight is 499 g/mol. The van der Waals surface area contributed by atoms with E-state index in [0.29, 0.717) is 36.6 Å². The summed E-state index contributed by atoms with van der Waals surface area (Å²) in [6, 6.07) is 18.0. The van der Waals surface area contributed by atoms with Gasteiger partial charge in [0.25, 0.3) is 11.6 Å². The van der Waals surface area contributed by atoms with Crippen molar-refractivity contribution < 1.29 is 9.72 Å². The van der Waals surface area contributed by atoms with E-state index >= 15 is 0 Å². The Balaban J connectivity index is 1.48. The largest absolute Gasteiger partial charge is 0.353 e. The maximum atomic E-state index is 13.0. The molecule has 1 fully saturated rings. The van der Waals surface area contributed by atoms with E-state index in [0.717, 1.165) is 15.2 Å². The number of amides is 1. The van der Waals surface area contributed by atoms with Crippen molar-refractivity contribution >= 4 is 45.1 Å². The molecule has 1 aliphatic rings. The third kappa shape index (κ3) is 5.05. The Kier molecular flexibility index (Phi) is 6.53. The first-order valence-corrected chi connectivity index (χ1v) is 11.3. The molecule has 0 spiro atoms. The van der Waals surface area contributed by atoms with Gasteiger partial charge in [0, 0.05) is 53.4 Å². The van der Waals surface area contributed by atoms with Gasteiger partial charge in [-0.15, -0.1) is 0 Å². The molecule has 0 bridgehead atoms. The Morgan fingerprint density at radius 1 is 1.03 bits per heavy atom. The van der Waals surface area contributed by atoms with Crippen LogP contribution in [0.15, 0.2) is 81.1 Å². The number of nitro groups is 1. The molecule has 0 aliphatic carbocycles. The molecule has 158 valence electrons. The van der Waals surface area contributed by atoms with E-state index in [2.05, 4.69) is 25.8 Å². The molecule has 0 saturated carbocycles. The second-order valence-electron chi connectivity index (χ2n) is 6.96. The zero-order valence-electron chi connectivity index (χ0n) is 16.5. The summed E-state index contributed by atoms with van der Waals surface area (Å²) in [6.45, 7) is 2.42. The summed E-state index contributed by atoms with van der Waals surface area (Å²) in [5.41, 5.74) is 0.268. The Bertz CT molecular complexity index is 1090. The van der Waals surface area contributed by atoms with Crippen LogP contribution in [0.25, 0.3) is 0 Å². The van der Waals surface area contributed by atoms with Gasteiger partial charge in [-0.1, -0.05) is 33.8 Å². The number of nitro benzene ring substituents is 1. The summed E-state index contributed by atoms with van der Waals surface area (Å²) in [5, 5.41) is 11.7. The van der Waals surface area contributed by atoms with Crippen LogP contribution in [0.2, 0.25) is 0 Å². The van der Waals surface area contributed by atoms with Crippen molar-refractivity contribution in [2.24, 2.45) is 0 Å². The Morgan fingerprint density at radius 2 is 1.77 bits per heavy atom. The number of carbonyl (C=O) groups is 1. The molecule has 2 aromatic carbocycles. The van der Waals surface area contributed by atoms with Crippen molar-refractivity contribution in [2.75, 3.05) is 31.1 Å². The first-order chi connectivity index (χ1) is 15.0. The highest BCUT2D eigenvalue weighted by Gasteiger charge is 2.25. The molecule has 1 amide bonds. The Hall–Kier alpha value is -2.91. The van der Waals surface area contributed by atoms with Crippen LogP contribution in [-0.2, 0) is 0 Å². The Morgan fingerprint density at radius 3 is 2.42 bits per heavy atom. The summed E-state index contributed by atoms with van der Waals surface area (Å²) >= 11 is 4.69. The number of piperazine rings is 1. The maximum absolute atomic E-state index is 13.0. The molecule has 0 unspecified atom stereocenters. The number of carbonyl (C=O) groups excluding carboxylic acids is 1. The number of hydrogen-bond acceptors (Lipinski definition) is 6. The molecule has 0 atom stereocenters. The normalized spacial score (nSPS) is 13.8. The monoisotopic (exact) mass is 498 g/mol. The SMILES string of the molecule is O=C(c1ccc(Sc2ccc(Br)cc2)c([N+](=O)[O-])c1)N1CCN(c2ccccn2)CC1. The number of halogens is 1. The number of rotatable bonds is 5. The number of nitrogens with zero attached hydrogens (tertiary/aromatic N) is 4. The summed E-state index contributed by atoms with van der Waals surface area (Å²) in [7, 11) is 0. The smallest absolute Gasteiger partial charge is 0.284 e. The van der Waals surface area contributed by atoms with E-state index in [4.69, 9.17) is 0 Å². The molecule has 1 aliphatic heterocycles. The zero-order valence-corrected chi connectivity index (χ0v) is 18.9. The Labute approximate surface area is 192 Å². The summed E-state index contributed by atoms with van der Waals surface area (Å²) in [4.78, 5) is 33.8. The fourth-order valence-electron chi connectivity index (χ4n) is 3.37. The first-order valence-electron chi connectivity index (χ1n) is 9.68. The van der Waals surface area contributed by atoms with Gasteiger partial charge < -0.3 is 9.80 Å². The van der Waals surface area contributed by atoms with E-state index in [1.54, 1.807) is 23.2 Å². The lowest BCUT2D eigenvalue weighted by Crippen LogP contribution is -2.49. The van der Waals surface area contributed by atoms with Gasteiger partial charge in [0.1, 0.15) is 5.82 Å². The van der Waals surface area contributed by atoms with E-state index in [1.165, 1.54) is 17.8 Å². The summed E-state index contributed by atoms with van der Waals surface area (Å²) in [5.74, 6) is 0.698. The minimum Gasteiger partial charge on any atom is -0.353 e. The van der Waals surface area contributed by atoms with Crippen molar-refractivity contribution in [1.29, 1.82) is 0 Å². The highest BCUT2D eigenvalue weighted by Crippen LogP contribution is 2.36. The topological polar surface area (TPSA) is 79.6 Å². The van der Waals surface area contributed by atoms with E-state index < -0.39 is 4.92 Å². The fraction of sp³-hybridized carbons (Fsp3) is 0.182. The molecule has 4 rings (SSSR count). The summed E-state index contributed by atoms with van der Waals surface area (Å²) in [6.07, 6.45) is 1.75. The molecule has 31 heavy (non-hydrogen) atoms. The van der Waals surface area contributed by atoms with Gasteiger partial charge in [-0.2, -0.15) is 0 Å². The average Bonchev–Trinajstić information content (AvgIpc) is 2.81. The molecule has 0 radical (unpaired) electrons. The zero-order chi connectivity index (χ0) is 21.8. The molecule has 1 saturated heterocycles. The minimum atomic E-state index is -0.434. The van der Waals surface area contributed by atoms with Crippen LogP contribution in [0.4, 0.5) is 11.5 Å². The lowest BCUT2D eigenvalue weighted by Gasteiger charge is -2.35. The van der Waals surface area contributed by atoms with Gasteiger partial charge >= 0.3 is 0 Å². The molecule has 2 heterocycles. The quantitative estimate of drug-likeness (QED) is 0.368. The standard InChI is InChI=1S/C22H19BrN4O3S/c23-17-5-7-18(8-6-17)31-20-9-4-16(15-19(20)27(29)30)22(28)26-13-11-25(12-14-26)21-3-1-2-10-24-21/h1-10,15H,11-14H2. The minimum absolute atomic E-state index is 0.0640. The van der Waals surface area contributed by atoms with Crippen molar-refractivity contribution in [3.05, 3.63) is 87.0 Å². The van der Waals surface area contributed by atoms with Gasteiger partial charge in [0.05, 0.1) is 9.82 Å². The summed E-state index contributed by atoms with van der Waals surface area (Å²) < 4.78 is 0.940. The van der Waals surface area contributed by atoms with Gasteiger partial charge in [-0.05, 0) is 48.5 Å². The van der Waals surface area contributed by atoms with Crippen molar-refractivity contribution in [1.82, 2.24) is 9.88 Å². The van der Waals surface area contributed by atoms with Crippen molar-refractivity contribution in [2.45, 2.75) is 9.79 Å². The van der Waals surface area contributed by atoms with Gasteiger partial charge in [0.2, 0.25) is 0 Å². The van der Waals surface area contributed by atoms with E-state index in [9.17, 15) is 14.9 Å². The third-order valence-electron chi connectivity index (χ3n) is 4.98. The molecule has 1 aromatic heterocycles. The number of hydrogen-bond donors (Lipinski definition) is 0. The molecular formula is C22H19BrN4O3S. The predicted molar refractivity (Wildman–Crippen MR) is 124 cm³/mol. The number of pyridine rings is 1. The lowest BCUT2D eigenvalue weighted by atomic mass is 10.1. The van der Waals surface area contributed by atoms with Gasteiger partial charge in [-0.25, -0.2) is 4.98 Å². The molecule has 7 nitrogen and oxygen atoms in total. The second kappa shape index (κ2) is 9.49. The van der Waals surface area contributed by atoms with Crippen LogP contribution < -0.4 is 4.90 Å². The van der Waals surface area contributed by atoms with Crippen LogP contribution >= 0.6 is 27.7 Å². The lowest BCUT2D eigenvalue weighted by molar-refractivity contribution is -0.387. The van der Waals surface area contributed by atoms with Crippen LogP contribution in [0.5, 0.6) is 0 Å². The third-order valence-corrected chi connectivity index (χ3v) is 6.59. The van der Waals surface area contributed by atoms with E-state index in [-0.39, 0.29) is 11.6 Å². The van der Waals surface area contributed by atoms with Gasteiger partial charge in [0.15, 0.2) is 0 Å². The fourth-order valence-corrected chi connectivity index (χ4v) is 4.54. The molecule has 3 aromatic rings. The molecular weight excluding hydrogens is 480 g/mol. The van der Waals surface area contributed by atoms with Crippen LogP contribution in [-0.4, -0.2) is 46.9 Å². The van der Waals surface area contributed by atoms with Gasteiger partial charge in [-0.3, -0.25) is 14.9 Å². The number of aromatic nitrogens is 1. The molecule has 0 N–H and O–H groups in total. The number of benzene rings is 2. The van der Waals surface area contributed by atoms with Crippen molar-refractivity contribution in [3.63, 3.8) is 0 Å². The molecule has 9 heteroatoms. The maximum Gasteiger partial charge on any atom is 0.284 e. The van der Waals surface area contributed by atoms with Crippen LogP contribution in [0.1, 0.15) is 10.4 Å². The second-order valence-corrected chi connectivity index (χ2v) is 8.99. The van der Waals surface area contributed by atoms with E-state index in [1.807, 2.05) is 42.5 Å². The highest BCUT2D eigenvalue weighted by molar-refractivity contribution is 9.10. The first kappa shape index (κ1) is 21.3. The highest BCUT2D eigenvalue weighted by atomic mass is 79.9. The van der Waals surface area contributed by atoms with Crippen molar-refractivity contribution in [3.8, 4) is 0 Å². The number of anilines is 1. The van der Waals surface area contributed by atoms with Crippen LogP contribution in [0.3, 0.4) is 0 Å².